The van der Waals surface area contributed by atoms with Crippen molar-refractivity contribution in [2.24, 2.45) is 0 Å². The van der Waals surface area contributed by atoms with Crippen molar-refractivity contribution in [1.29, 1.82) is 0 Å². The van der Waals surface area contributed by atoms with E-state index in [-0.39, 0.29) is 17.6 Å². The van der Waals surface area contributed by atoms with Crippen molar-refractivity contribution in [3.05, 3.63) is 28.9 Å². The Morgan fingerprint density at radius 2 is 2.05 bits per heavy atom. The molecular formula is C13H18N4O2. The Balaban J connectivity index is 2.26. The molecule has 2 aromatic heterocycles. The topological polar surface area (TPSA) is 73.0 Å². The summed E-state index contributed by atoms with van der Waals surface area (Å²) in [6, 6.07) is 1.85. The highest BCUT2D eigenvalue weighted by Crippen LogP contribution is 2.22. The fraction of sp³-hybridized carbons (Fsp3) is 0.462. The predicted octanol–water partition coefficient (Wildman–Crippen LogP) is 2.63. The van der Waals surface area contributed by atoms with Crippen LogP contribution in [-0.2, 0) is 0 Å². The molecule has 1 amide bonds. The van der Waals surface area contributed by atoms with Crippen LogP contribution in [0.2, 0.25) is 0 Å². The lowest BCUT2D eigenvalue weighted by molar-refractivity contribution is 0.101. The summed E-state index contributed by atoms with van der Waals surface area (Å²) < 4.78 is 6.78. The highest BCUT2D eigenvalue weighted by molar-refractivity contribution is 6.03. The van der Waals surface area contributed by atoms with E-state index >= 15 is 0 Å². The Morgan fingerprint density at radius 3 is 2.53 bits per heavy atom. The van der Waals surface area contributed by atoms with E-state index in [1.807, 2.05) is 32.4 Å². The summed E-state index contributed by atoms with van der Waals surface area (Å²) in [5.74, 6) is 0.322. The Labute approximate surface area is 111 Å². The zero-order chi connectivity index (χ0) is 14.2. The molecule has 6 nitrogen and oxygen atoms in total. The summed E-state index contributed by atoms with van der Waals surface area (Å²) in [7, 11) is 0. The van der Waals surface area contributed by atoms with E-state index in [1.54, 1.807) is 13.0 Å². The number of aryl methyl sites for hydroxylation is 2. The molecule has 0 aromatic carbocycles. The molecule has 102 valence electrons. The van der Waals surface area contributed by atoms with Gasteiger partial charge < -0.3 is 9.84 Å². The smallest absolute Gasteiger partial charge is 0.277 e. The fourth-order valence-corrected chi connectivity index (χ4v) is 2.00. The molecule has 19 heavy (non-hydrogen) atoms. The molecule has 0 spiro atoms. The predicted molar refractivity (Wildman–Crippen MR) is 71.3 cm³/mol. The SMILES string of the molecule is Cc1cc(C(=O)Nc2c(C)nn(C(C)C)c2C)no1. The van der Waals surface area contributed by atoms with E-state index in [0.717, 1.165) is 17.1 Å². The summed E-state index contributed by atoms with van der Waals surface area (Å²) in [5.41, 5.74) is 2.73. The molecule has 0 aliphatic heterocycles. The number of nitrogens with zero attached hydrogens (tertiary/aromatic N) is 3. The Morgan fingerprint density at radius 1 is 1.37 bits per heavy atom. The van der Waals surface area contributed by atoms with Crippen molar-refractivity contribution in [3.63, 3.8) is 0 Å². The molecule has 2 heterocycles. The van der Waals surface area contributed by atoms with E-state index in [1.165, 1.54) is 0 Å². The van der Waals surface area contributed by atoms with Crippen molar-refractivity contribution in [2.45, 2.75) is 40.7 Å². The maximum absolute atomic E-state index is 12.0. The molecule has 0 aliphatic rings. The summed E-state index contributed by atoms with van der Waals surface area (Å²) in [5, 5.41) is 11.0. The van der Waals surface area contributed by atoms with Gasteiger partial charge in [0.2, 0.25) is 0 Å². The van der Waals surface area contributed by atoms with Gasteiger partial charge in [0.1, 0.15) is 5.76 Å². The quantitative estimate of drug-likeness (QED) is 0.922. The molecule has 2 aromatic rings. The molecule has 0 bridgehead atoms. The number of hydrogen-bond donors (Lipinski definition) is 1. The van der Waals surface area contributed by atoms with Crippen LogP contribution in [0.3, 0.4) is 0 Å². The lowest BCUT2D eigenvalue weighted by Gasteiger charge is -2.08. The van der Waals surface area contributed by atoms with Gasteiger partial charge in [0.25, 0.3) is 5.91 Å². The van der Waals surface area contributed by atoms with E-state index in [2.05, 4.69) is 15.6 Å². The summed E-state index contributed by atoms with van der Waals surface area (Å²) in [6.45, 7) is 9.65. The average molecular weight is 262 g/mol. The lowest BCUT2D eigenvalue weighted by atomic mass is 10.2. The second kappa shape index (κ2) is 4.87. The molecule has 0 unspecified atom stereocenters. The maximum Gasteiger partial charge on any atom is 0.277 e. The number of aromatic nitrogens is 3. The van der Waals surface area contributed by atoms with Crippen LogP contribution in [0.5, 0.6) is 0 Å². The number of nitrogens with one attached hydrogen (secondary N) is 1. The minimum absolute atomic E-state index is 0.249. The maximum atomic E-state index is 12.0. The number of hydrogen-bond acceptors (Lipinski definition) is 4. The van der Waals surface area contributed by atoms with E-state index in [0.29, 0.717) is 5.76 Å². The van der Waals surface area contributed by atoms with Gasteiger partial charge in [-0.15, -0.1) is 0 Å². The number of carbonyl (C=O) groups excluding carboxylic acids is 1. The highest BCUT2D eigenvalue weighted by Gasteiger charge is 2.18. The van der Waals surface area contributed by atoms with Crippen molar-refractivity contribution in [1.82, 2.24) is 14.9 Å². The standard InChI is InChI=1S/C13H18N4O2/c1-7(2)17-10(5)12(9(4)15-17)14-13(18)11-6-8(3)19-16-11/h6-7H,1-5H3,(H,14,18). The fourth-order valence-electron chi connectivity index (χ4n) is 2.00. The Kier molecular flexibility index (Phi) is 3.42. The van der Waals surface area contributed by atoms with Crippen LogP contribution >= 0.6 is 0 Å². The first kappa shape index (κ1) is 13.3. The van der Waals surface area contributed by atoms with Crippen LogP contribution in [0, 0.1) is 20.8 Å². The molecular weight excluding hydrogens is 244 g/mol. The van der Waals surface area contributed by atoms with Gasteiger partial charge in [-0.1, -0.05) is 5.16 Å². The minimum Gasteiger partial charge on any atom is -0.361 e. The van der Waals surface area contributed by atoms with Crippen molar-refractivity contribution in [2.75, 3.05) is 5.32 Å². The largest absolute Gasteiger partial charge is 0.361 e. The molecule has 0 aliphatic carbocycles. The molecule has 0 saturated carbocycles. The van der Waals surface area contributed by atoms with Crippen LogP contribution in [0.15, 0.2) is 10.6 Å². The summed E-state index contributed by atoms with van der Waals surface area (Å²) >= 11 is 0. The summed E-state index contributed by atoms with van der Waals surface area (Å²) in [4.78, 5) is 12.0. The molecule has 0 fully saturated rings. The number of carbonyl (C=O) groups is 1. The van der Waals surface area contributed by atoms with Gasteiger partial charge in [0, 0.05) is 12.1 Å². The van der Waals surface area contributed by atoms with Crippen molar-refractivity contribution < 1.29 is 9.32 Å². The second-order valence-corrected chi connectivity index (χ2v) is 4.86. The monoisotopic (exact) mass is 262 g/mol. The Bertz CT molecular complexity index is 610. The molecule has 6 heteroatoms. The number of anilines is 1. The van der Waals surface area contributed by atoms with Crippen molar-refractivity contribution >= 4 is 11.6 Å². The van der Waals surface area contributed by atoms with Gasteiger partial charge in [-0.05, 0) is 34.6 Å². The first-order chi connectivity index (χ1) is 8.90. The number of amides is 1. The van der Waals surface area contributed by atoms with Gasteiger partial charge in [0.05, 0.1) is 17.1 Å². The van der Waals surface area contributed by atoms with Gasteiger partial charge in [-0.3, -0.25) is 9.48 Å². The normalized spacial score (nSPS) is 11.1. The van der Waals surface area contributed by atoms with E-state index in [4.69, 9.17) is 4.52 Å². The third-order valence-corrected chi connectivity index (χ3v) is 2.91. The molecule has 0 saturated heterocycles. The van der Waals surface area contributed by atoms with E-state index < -0.39 is 0 Å². The Hall–Kier alpha value is -2.11. The van der Waals surface area contributed by atoms with Crippen molar-refractivity contribution in [3.8, 4) is 0 Å². The van der Waals surface area contributed by atoms with Crippen LogP contribution < -0.4 is 5.32 Å². The average Bonchev–Trinajstić information content (AvgIpc) is 2.87. The van der Waals surface area contributed by atoms with E-state index in [9.17, 15) is 4.79 Å². The van der Waals surface area contributed by atoms with Gasteiger partial charge in [-0.25, -0.2) is 0 Å². The van der Waals surface area contributed by atoms with Gasteiger partial charge >= 0.3 is 0 Å². The van der Waals surface area contributed by atoms with Crippen LogP contribution in [0.25, 0.3) is 0 Å². The zero-order valence-corrected chi connectivity index (χ0v) is 11.8. The highest BCUT2D eigenvalue weighted by atomic mass is 16.5. The van der Waals surface area contributed by atoms with Gasteiger partial charge in [-0.2, -0.15) is 5.10 Å². The van der Waals surface area contributed by atoms with Crippen LogP contribution in [0.4, 0.5) is 5.69 Å². The third kappa shape index (κ3) is 2.52. The zero-order valence-electron chi connectivity index (χ0n) is 11.8. The molecule has 2 rings (SSSR count). The second-order valence-electron chi connectivity index (χ2n) is 4.86. The van der Waals surface area contributed by atoms with Crippen LogP contribution in [-0.4, -0.2) is 20.8 Å². The lowest BCUT2D eigenvalue weighted by Crippen LogP contribution is -2.13. The first-order valence-corrected chi connectivity index (χ1v) is 6.20. The van der Waals surface area contributed by atoms with Crippen LogP contribution in [0.1, 0.15) is 47.5 Å². The molecule has 0 radical (unpaired) electrons. The number of rotatable bonds is 3. The third-order valence-electron chi connectivity index (χ3n) is 2.91. The summed E-state index contributed by atoms with van der Waals surface area (Å²) in [6.07, 6.45) is 0. The molecule has 0 atom stereocenters. The van der Waals surface area contributed by atoms with Gasteiger partial charge in [0.15, 0.2) is 5.69 Å². The first-order valence-electron chi connectivity index (χ1n) is 6.20. The minimum atomic E-state index is -0.286. The molecule has 1 N–H and O–H groups in total.